The zero-order chi connectivity index (χ0) is 13.8. The molecular weight excluding hydrogens is 254 g/mol. The van der Waals surface area contributed by atoms with Crippen molar-refractivity contribution in [3.63, 3.8) is 0 Å². The van der Waals surface area contributed by atoms with Crippen molar-refractivity contribution >= 4 is 11.9 Å². The molecule has 2 aromatic rings. The Morgan fingerprint density at radius 1 is 0.895 bits per heavy atom. The Balaban J connectivity index is 1.85. The molecule has 0 unspecified atom stereocenters. The molecule has 2 N–H and O–H groups in total. The molecule has 0 bridgehead atoms. The Morgan fingerprint density at radius 2 is 1.32 bits per heavy atom. The van der Waals surface area contributed by atoms with E-state index in [1.165, 1.54) is 24.3 Å². The van der Waals surface area contributed by atoms with Crippen molar-refractivity contribution in [2.75, 3.05) is 0 Å². The van der Waals surface area contributed by atoms with Gasteiger partial charge >= 0.3 is 0 Å². The Kier molecular flexibility index (Phi) is 3.67. The lowest BCUT2D eigenvalue weighted by molar-refractivity contribution is -0.689. The van der Waals surface area contributed by atoms with E-state index in [0.717, 1.165) is 0 Å². The van der Waals surface area contributed by atoms with Crippen LogP contribution >= 0.6 is 0 Å². The number of furan rings is 2. The second-order valence-corrected chi connectivity index (χ2v) is 3.80. The molecule has 7 nitrogen and oxygen atoms in total. The zero-order valence-electron chi connectivity index (χ0n) is 9.75. The van der Waals surface area contributed by atoms with Crippen LogP contribution in [-0.2, 0) is 13.1 Å². The molecule has 2 heterocycles. The van der Waals surface area contributed by atoms with Crippen LogP contribution in [0.15, 0.2) is 33.1 Å². The van der Waals surface area contributed by atoms with Crippen LogP contribution in [0.3, 0.4) is 0 Å². The summed E-state index contributed by atoms with van der Waals surface area (Å²) in [6.07, 6.45) is 0. The highest BCUT2D eigenvalue weighted by molar-refractivity contribution is 5.82. The second kappa shape index (κ2) is 5.40. The summed E-state index contributed by atoms with van der Waals surface area (Å²) in [7, 11) is 0. The molecule has 7 heteroatoms. The summed E-state index contributed by atoms with van der Waals surface area (Å²) in [6, 6.07) is 5.71. The van der Waals surface area contributed by atoms with Gasteiger partial charge in [0.25, 0.3) is 0 Å². The minimum atomic E-state index is -1.36. The maximum atomic E-state index is 10.5. The minimum absolute atomic E-state index is 0.222. The van der Waals surface area contributed by atoms with Crippen molar-refractivity contribution < 1.29 is 34.0 Å². The summed E-state index contributed by atoms with van der Waals surface area (Å²) in [5.74, 6) is -2.22. The Labute approximate surface area is 107 Å². The Hall–Kier alpha value is -2.54. The van der Waals surface area contributed by atoms with Crippen LogP contribution in [0.4, 0.5) is 0 Å². The van der Waals surface area contributed by atoms with Crippen molar-refractivity contribution in [1.29, 1.82) is 0 Å². The van der Waals surface area contributed by atoms with Crippen molar-refractivity contribution in [2.24, 2.45) is 0 Å². The molecule has 0 fully saturated rings. The van der Waals surface area contributed by atoms with Crippen LogP contribution in [0, 0.1) is 0 Å². The van der Waals surface area contributed by atoms with E-state index in [1.807, 2.05) is 0 Å². The van der Waals surface area contributed by atoms with Crippen LogP contribution in [0.1, 0.15) is 32.6 Å². The molecule has 0 aliphatic heterocycles. The molecule has 2 aromatic heterocycles. The molecule has 0 atom stereocenters. The highest BCUT2D eigenvalue weighted by atomic mass is 16.4. The molecule has 0 aromatic carbocycles. The van der Waals surface area contributed by atoms with E-state index in [4.69, 9.17) is 8.83 Å². The van der Waals surface area contributed by atoms with Crippen molar-refractivity contribution in [3.05, 3.63) is 47.3 Å². The largest absolute Gasteiger partial charge is 0.542 e. The number of carboxylic acids is 2. The number of aromatic carboxylic acids is 2. The Bertz CT molecular complexity index is 545. The molecule has 0 aliphatic rings. The highest BCUT2D eigenvalue weighted by Gasteiger charge is 2.07. The fourth-order valence-electron chi connectivity index (χ4n) is 1.55. The van der Waals surface area contributed by atoms with Crippen molar-refractivity contribution in [2.45, 2.75) is 13.1 Å². The van der Waals surface area contributed by atoms with Crippen LogP contribution in [0.5, 0.6) is 0 Å². The first-order valence-corrected chi connectivity index (χ1v) is 5.48. The minimum Gasteiger partial charge on any atom is -0.542 e. The maximum absolute atomic E-state index is 10.5. The first-order valence-electron chi connectivity index (χ1n) is 5.48. The average Bonchev–Trinajstić information content (AvgIpc) is 2.97. The van der Waals surface area contributed by atoms with Gasteiger partial charge in [-0.05, 0) is 24.3 Å². The number of quaternary nitrogens is 1. The van der Waals surface area contributed by atoms with E-state index >= 15 is 0 Å². The predicted molar refractivity (Wildman–Crippen MR) is 55.4 cm³/mol. The van der Waals surface area contributed by atoms with Crippen LogP contribution in [0.2, 0.25) is 0 Å². The van der Waals surface area contributed by atoms with Gasteiger partial charge in [-0.25, -0.2) is 0 Å². The van der Waals surface area contributed by atoms with Gasteiger partial charge in [-0.1, -0.05) is 0 Å². The van der Waals surface area contributed by atoms with Gasteiger partial charge in [0, 0.05) is 0 Å². The quantitative estimate of drug-likeness (QED) is 0.635. The summed E-state index contributed by atoms with van der Waals surface area (Å²) in [4.78, 5) is 21.0. The molecule has 0 saturated heterocycles. The molecule has 0 radical (unpaired) electrons. The number of carbonyl (C=O) groups excluding carboxylic acids is 2. The number of nitrogens with two attached hydrogens (primary N) is 1. The van der Waals surface area contributed by atoms with E-state index in [9.17, 15) is 19.8 Å². The van der Waals surface area contributed by atoms with Gasteiger partial charge in [-0.15, -0.1) is 0 Å². The highest BCUT2D eigenvalue weighted by Crippen LogP contribution is 2.06. The monoisotopic (exact) mass is 264 g/mol. The van der Waals surface area contributed by atoms with Gasteiger partial charge in [0.1, 0.15) is 36.5 Å². The number of rotatable bonds is 6. The first-order chi connectivity index (χ1) is 9.06. The lowest BCUT2D eigenvalue weighted by Gasteiger charge is -1.99. The van der Waals surface area contributed by atoms with Crippen LogP contribution in [0.25, 0.3) is 0 Å². The van der Waals surface area contributed by atoms with Crippen LogP contribution < -0.4 is 15.5 Å². The number of carboxylic acid groups (broad SMARTS) is 2. The summed E-state index contributed by atoms with van der Waals surface area (Å²) >= 11 is 0. The van der Waals surface area contributed by atoms with Gasteiger partial charge in [0.15, 0.2) is 11.5 Å². The zero-order valence-corrected chi connectivity index (χ0v) is 9.75. The SMILES string of the molecule is O=C([O-])c1ccc(C[NH2+]Cc2ccc(C(=O)[O-])o2)o1. The molecule has 0 amide bonds. The van der Waals surface area contributed by atoms with Gasteiger partial charge < -0.3 is 34.0 Å². The van der Waals surface area contributed by atoms with E-state index in [2.05, 4.69) is 0 Å². The smallest absolute Gasteiger partial charge is 0.158 e. The second-order valence-electron chi connectivity index (χ2n) is 3.80. The molecular formula is C12H10NO6-. The molecule has 100 valence electrons. The standard InChI is InChI=1S/C12H11NO6/c14-11(15)9-3-1-7(18-9)5-13-6-8-2-4-10(19-8)12(16)17/h1-4,13H,5-6H2,(H,14,15)(H,16,17)/p-1. The fraction of sp³-hybridized carbons (Fsp3) is 0.167. The number of hydrogen-bond acceptors (Lipinski definition) is 6. The third-order valence-corrected chi connectivity index (χ3v) is 2.42. The normalized spacial score (nSPS) is 10.5. The first kappa shape index (κ1) is 12.9. The van der Waals surface area contributed by atoms with Crippen molar-refractivity contribution in [3.8, 4) is 0 Å². The lowest BCUT2D eigenvalue weighted by atomic mass is 10.4. The third kappa shape index (κ3) is 3.23. The average molecular weight is 264 g/mol. The van der Waals surface area contributed by atoms with E-state index in [1.54, 1.807) is 5.32 Å². The van der Waals surface area contributed by atoms with Gasteiger partial charge in [-0.3, -0.25) is 0 Å². The maximum Gasteiger partial charge on any atom is 0.158 e. The van der Waals surface area contributed by atoms with Gasteiger partial charge in [0.2, 0.25) is 0 Å². The molecule has 19 heavy (non-hydrogen) atoms. The van der Waals surface area contributed by atoms with E-state index < -0.39 is 11.9 Å². The molecule has 0 saturated carbocycles. The number of carbonyl (C=O) groups is 2. The molecule has 0 aliphatic carbocycles. The third-order valence-electron chi connectivity index (χ3n) is 2.42. The van der Waals surface area contributed by atoms with E-state index in [-0.39, 0.29) is 11.5 Å². The summed E-state index contributed by atoms with van der Waals surface area (Å²) in [5.41, 5.74) is 0. The Morgan fingerprint density at radius 3 is 1.63 bits per heavy atom. The van der Waals surface area contributed by atoms with E-state index in [0.29, 0.717) is 24.6 Å². The molecule has 0 spiro atoms. The lowest BCUT2D eigenvalue weighted by Crippen LogP contribution is -2.80. The summed E-state index contributed by atoms with van der Waals surface area (Å²) in [6.45, 7) is 0.795. The number of hydrogen-bond donors (Lipinski definition) is 1. The summed E-state index contributed by atoms with van der Waals surface area (Å²) in [5, 5.41) is 22.7. The van der Waals surface area contributed by atoms with Crippen LogP contribution in [-0.4, -0.2) is 11.9 Å². The fourth-order valence-corrected chi connectivity index (χ4v) is 1.55. The topological polar surface area (TPSA) is 123 Å². The predicted octanol–water partition coefficient (Wildman–Crippen LogP) is -2.14. The summed E-state index contributed by atoms with van der Waals surface area (Å²) < 4.78 is 10.00. The van der Waals surface area contributed by atoms with Crippen molar-refractivity contribution in [1.82, 2.24) is 0 Å². The molecule has 2 rings (SSSR count). The van der Waals surface area contributed by atoms with Gasteiger partial charge in [-0.2, -0.15) is 0 Å². The van der Waals surface area contributed by atoms with Gasteiger partial charge in [0.05, 0.1) is 0 Å².